The molecule has 7 rings (SSSR count). The molecular formula is C30H28N4. The summed E-state index contributed by atoms with van der Waals surface area (Å²) in [5, 5.41) is 0. The largest absolute Gasteiger partial charge is 0.301 e. The van der Waals surface area contributed by atoms with Gasteiger partial charge < -0.3 is 9.80 Å². The molecule has 0 saturated heterocycles. The van der Waals surface area contributed by atoms with E-state index in [1.54, 1.807) is 0 Å². The highest BCUT2D eigenvalue weighted by Gasteiger charge is 2.73. The van der Waals surface area contributed by atoms with Crippen molar-refractivity contribution in [2.45, 2.75) is 45.7 Å². The lowest BCUT2D eigenvalue weighted by atomic mass is 9.80. The molecule has 0 N–H and O–H groups in total. The maximum atomic E-state index is 4.88. The summed E-state index contributed by atoms with van der Waals surface area (Å²) in [6.45, 7) is 9.22. The minimum Gasteiger partial charge on any atom is -0.301 e. The van der Waals surface area contributed by atoms with Crippen molar-refractivity contribution in [2.24, 2.45) is 5.41 Å². The van der Waals surface area contributed by atoms with Crippen LogP contribution in [0.25, 0.3) is 11.1 Å². The second-order valence-corrected chi connectivity index (χ2v) is 10.7. The predicted octanol–water partition coefficient (Wildman–Crippen LogP) is 7.06. The van der Waals surface area contributed by atoms with Crippen LogP contribution in [0, 0.1) is 19.3 Å². The summed E-state index contributed by atoms with van der Waals surface area (Å²) >= 11 is 0. The van der Waals surface area contributed by atoms with Gasteiger partial charge in [-0.3, -0.25) is 0 Å². The molecule has 168 valence electrons. The molecule has 0 radical (unpaired) electrons. The summed E-state index contributed by atoms with van der Waals surface area (Å²) < 4.78 is 0. The molecule has 2 aliphatic heterocycles. The lowest BCUT2D eigenvalue weighted by molar-refractivity contribution is 0.371. The standard InChI is InChI=1S/C30H28N4/c1-19-14-20(2)16-22(15-19)21-10-11-24-25(17-21)34-27-26(31-12-13-32-27)33(23-8-6-5-7-9-23)28(34)30(4)18-29(24,30)3/h5-17,28H,18H2,1-4H3. The highest BCUT2D eigenvalue weighted by atomic mass is 15.5. The first-order chi connectivity index (χ1) is 16.4. The third-order valence-electron chi connectivity index (χ3n) is 8.47. The van der Waals surface area contributed by atoms with Gasteiger partial charge in [0.15, 0.2) is 11.6 Å². The summed E-state index contributed by atoms with van der Waals surface area (Å²) in [7, 11) is 0. The van der Waals surface area contributed by atoms with E-state index in [2.05, 4.69) is 104 Å². The Hall–Kier alpha value is -3.66. The average molecular weight is 445 g/mol. The number of hydrogen-bond donors (Lipinski definition) is 0. The van der Waals surface area contributed by atoms with E-state index >= 15 is 0 Å². The average Bonchev–Trinajstić information content (AvgIpc) is 3.26. The van der Waals surface area contributed by atoms with Gasteiger partial charge in [-0.2, -0.15) is 0 Å². The van der Waals surface area contributed by atoms with E-state index in [0.29, 0.717) is 0 Å². The molecule has 3 heterocycles. The third-order valence-corrected chi connectivity index (χ3v) is 8.47. The van der Waals surface area contributed by atoms with Crippen molar-refractivity contribution in [3.05, 3.63) is 95.8 Å². The van der Waals surface area contributed by atoms with Gasteiger partial charge >= 0.3 is 0 Å². The fourth-order valence-corrected chi connectivity index (χ4v) is 6.67. The van der Waals surface area contributed by atoms with Crippen LogP contribution in [0.5, 0.6) is 0 Å². The van der Waals surface area contributed by atoms with Crippen LogP contribution >= 0.6 is 0 Å². The number of para-hydroxylation sites is 1. The maximum absolute atomic E-state index is 4.88. The van der Waals surface area contributed by atoms with Crippen molar-refractivity contribution >= 4 is 23.0 Å². The number of fused-ring (bicyclic) bond motifs is 8. The molecule has 1 aliphatic carbocycles. The molecule has 0 amide bonds. The molecule has 1 aromatic heterocycles. The molecule has 0 spiro atoms. The molecule has 0 bridgehead atoms. The third kappa shape index (κ3) is 2.43. The van der Waals surface area contributed by atoms with Crippen LogP contribution in [0.4, 0.5) is 23.0 Å². The topological polar surface area (TPSA) is 32.3 Å². The first-order valence-corrected chi connectivity index (χ1v) is 12.1. The van der Waals surface area contributed by atoms with Gasteiger partial charge in [-0.1, -0.05) is 73.5 Å². The van der Waals surface area contributed by atoms with Gasteiger partial charge in [0.25, 0.3) is 0 Å². The number of hydrogen-bond acceptors (Lipinski definition) is 4. The van der Waals surface area contributed by atoms with Crippen molar-refractivity contribution in [2.75, 3.05) is 9.80 Å². The number of aromatic nitrogens is 2. The molecule has 4 aromatic rings. The van der Waals surface area contributed by atoms with Crippen molar-refractivity contribution in [1.82, 2.24) is 9.97 Å². The predicted molar refractivity (Wildman–Crippen MR) is 138 cm³/mol. The van der Waals surface area contributed by atoms with Crippen molar-refractivity contribution in [3.8, 4) is 11.1 Å². The van der Waals surface area contributed by atoms with E-state index in [4.69, 9.17) is 9.97 Å². The van der Waals surface area contributed by atoms with Gasteiger partial charge in [0.2, 0.25) is 0 Å². The van der Waals surface area contributed by atoms with Crippen LogP contribution < -0.4 is 9.80 Å². The van der Waals surface area contributed by atoms with E-state index in [9.17, 15) is 0 Å². The molecule has 3 aliphatic rings. The molecule has 3 aromatic carbocycles. The number of aryl methyl sites for hydroxylation is 2. The van der Waals surface area contributed by atoms with Gasteiger partial charge in [0.1, 0.15) is 6.17 Å². The fourth-order valence-electron chi connectivity index (χ4n) is 6.67. The number of anilines is 4. The zero-order chi connectivity index (χ0) is 23.2. The Kier molecular flexibility index (Phi) is 3.76. The molecule has 4 nitrogen and oxygen atoms in total. The van der Waals surface area contributed by atoms with E-state index < -0.39 is 0 Å². The van der Waals surface area contributed by atoms with Crippen LogP contribution in [0.3, 0.4) is 0 Å². The first-order valence-electron chi connectivity index (χ1n) is 12.1. The van der Waals surface area contributed by atoms with Gasteiger partial charge in [-0.05, 0) is 55.2 Å². The molecule has 3 atom stereocenters. The quantitative estimate of drug-likeness (QED) is 0.331. The summed E-state index contributed by atoms with van der Waals surface area (Å²) in [6.07, 6.45) is 4.92. The smallest absolute Gasteiger partial charge is 0.178 e. The van der Waals surface area contributed by atoms with Gasteiger partial charge in [0, 0.05) is 34.6 Å². The lowest BCUT2D eigenvalue weighted by Crippen LogP contribution is -2.50. The number of nitrogens with zero attached hydrogens (tertiary/aromatic N) is 4. The number of benzene rings is 3. The van der Waals surface area contributed by atoms with Gasteiger partial charge in [-0.25, -0.2) is 9.97 Å². The van der Waals surface area contributed by atoms with Gasteiger partial charge in [-0.15, -0.1) is 0 Å². The van der Waals surface area contributed by atoms with Crippen LogP contribution in [-0.4, -0.2) is 16.1 Å². The second-order valence-electron chi connectivity index (χ2n) is 10.7. The van der Waals surface area contributed by atoms with Gasteiger partial charge in [0.05, 0.1) is 0 Å². The van der Waals surface area contributed by atoms with E-state index in [1.807, 2.05) is 12.4 Å². The molecule has 4 heteroatoms. The minimum absolute atomic E-state index is 0.0969. The molecular weight excluding hydrogens is 416 g/mol. The Balaban J connectivity index is 1.48. The number of rotatable bonds is 2. The lowest BCUT2D eigenvalue weighted by Gasteiger charge is -2.44. The molecule has 1 saturated carbocycles. The van der Waals surface area contributed by atoms with Crippen LogP contribution in [0.1, 0.15) is 37.0 Å². The van der Waals surface area contributed by atoms with E-state index in [1.165, 1.54) is 39.2 Å². The second kappa shape index (κ2) is 6.47. The summed E-state index contributed by atoms with van der Waals surface area (Å²) in [4.78, 5) is 14.6. The summed E-state index contributed by atoms with van der Waals surface area (Å²) in [5.41, 5.74) is 9.18. The van der Waals surface area contributed by atoms with Crippen LogP contribution in [0.15, 0.2) is 79.1 Å². The molecule has 3 unspecified atom stereocenters. The Labute approximate surface area is 200 Å². The highest BCUT2D eigenvalue weighted by molar-refractivity contribution is 5.89. The normalized spacial score (nSPS) is 25.9. The highest BCUT2D eigenvalue weighted by Crippen LogP contribution is 2.74. The Morgan fingerprint density at radius 3 is 2.15 bits per heavy atom. The summed E-state index contributed by atoms with van der Waals surface area (Å²) in [6, 6.07) is 24.5. The SMILES string of the molecule is Cc1cc(C)cc(-c2ccc3c(c2)N2c4nccnc4N(c4ccccc4)C2C2(C)CC32C)c1. The van der Waals surface area contributed by atoms with Crippen molar-refractivity contribution in [3.63, 3.8) is 0 Å². The van der Waals surface area contributed by atoms with Crippen molar-refractivity contribution in [1.29, 1.82) is 0 Å². The van der Waals surface area contributed by atoms with E-state index in [-0.39, 0.29) is 17.0 Å². The zero-order valence-corrected chi connectivity index (χ0v) is 20.1. The van der Waals surface area contributed by atoms with Crippen LogP contribution in [0.2, 0.25) is 0 Å². The Morgan fingerprint density at radius 2 is 1.44 bits per heavy atom. The summed E-state index contributed by atoms with van der Waals surface area (Å²) in [5.74, 6) is 1.89. The monoisotopic (exact) mass is 444 g/mol. The van der Waals surface area contributed by atoms with Crippen LogP contribution in [-0.2, 0) is 5.41 Å². The van der Waals surface area contributed by atoms with E-state index in [0.717, 1.165) is 18.1 Å². The molecule has 1 fully saturated rings. The fraction of sp³-hybridized carbons (Fsp3) is 0.267. The Morgan fingerprint density at radius 1 is 0.765 bits per heavy atom. The first kappa shape index (κ1) is 19.8. The Bertz CT molecular complexity index is 1440. The van der Waals surface area contributed by atoms with Crippen molar-refractivity contribution < 1.29 is 0 Å². The molecule has 34 heavy (non-hydrogen) atoms. The zero-order valence-electron chi connectivity index (χ0n) is 20.1. The maximum Gasteiger partial charge on any atom is 0.178 e. The minimum atomic E-state index is 0.0969.